The molecule has 0 aromatic heterocycles. The van der Waals surface area contributed by atoms with Crippen molar-refractivity contribution in [1.82, 2.24) is 4.72 Å². The van der Waals surface area contributed by atoms with Gasteiger partial charge in [-0.1, -0.05) is 28.1 Å². The fourth-order valence-corrected chi connectivity index (χ4v) is 3.68. The SMILES string of the molecule is CC1(NS(=O)(=O)c2ccc(CBr)cc2)CCOC1. The number of hydrogen-bond acceptors (Lipinski definition) is 3. The first kappa shape index (κ1) is 14.0. The zero-order valence-electron chi connectivity index (χ0n) is 10.1. The zero-order chi connectivity index (χ0) is 13.2. The monoisotopic (exact) mass is 333 g/mol. The quantitative estimate of drug-likeness (QED) is 0.858. The predicted octanol–water partition coefficient (Wildman–Crippen LogP) is 2.04. The summed E-state index contributed by atoms with van der Waals surface area (Å²) in [5.74, 6) is 0. The number of halogens is 1. The minimum Gasteiger partial charge on any atom is -0.379 e. The molecular weight excluding hydrogens is 318 g/mol. The number of ether oxygens (including phenoxy) is 1. The van der Waals surface area contributed by atoms with Crippen LogP contribution >= 0.6 is 15.9 Å². The van der Waals surface area contributed by atoms with Gasteiger partial charge >= 0.3 is 0 Å². The van der Waals surface area contributed by atoms with Crippen LogP contribution in [0.4, 0.5) is 0 Å². The average Bonchev–Trinajstić information content (AvgIpc) is 2.75. The van der Waals surface area contributed by atoms with Gasteiger partial charge in [-0.2, -0.15) is 0 Å². The maximum absolute atomic E-state index is 12.2. The molecule has 0 amide bonds. The second-order valence-corrected chi connectivity index (χ2v) is 6.99. The summed E-state index contributed by atoms with van der Waals surface area (Å²) in [6.07, 6.45) is 0.700. The van der Waals surface area contributed by atoms with Crippen molar-refractivity contribution in [2.45, 2.75) is 29.1 Å². The van der Waals surface area contributed by atoms with Crippen molar-refractivity contribution in [3.8, 4) is 0 Å². The first-order valence-corrected chi connectivity index (χ1v) is 8.32. The van der Waals surface area contributed by atoms with E-state index in [0.717, 1.165) is 5.56 Å². The Balaban J connectivity index is 2.19. The lowest BCUT2D eigenvalue weighted by atomic mass is 10.0. The van der Waals surface area contributed by atoms with E-state index in [1.807, 2.05) is 6.92 Å². The Morgan fingerprint density at radius 2 is 2.06 bits per heavy atom. The molecule has 1 atom stereocenters. The molecule has 18 heavy (non-hydrogen) atoms. The molecule has 1 aromatic carbocycles. The zero-order valence-corrected chi connectivity index (χ0v) is 12.6. The molecule has 1 saturated heterocycles. The number of hydrogen-bond donors (Lipinski definition) is 1. The van der Waals surface area contributed by atoms with Gasteiger partial charge in [0.15, 0.2) is 0 Å². The van der Waals surface area contributed by atoms with Crippen LogP contribution in [0.5, 0.6) is 0 Å². The molecule has 2 rings (SSSR count). The molecule has 1 N–H and O–H groups in total. The Labute approximate surface area is 116 Å². The summed E-state index contributed by atoms with van der Waals surface area (Å²) in [5.41, 5.74) is 0.553. The van der Waals surface area contributed by atoms with E-state index in [9.17, 15) is 8.42 Å². The van der Waals surface area contributed by atoms with Gasteiger partial charge in [0.05, 0.1) is 17.0 Å². The first-order chi connectivity index (χ1) is 8.45. The van der Waals surface area contributed by atoms with Crippen LogP contribution in [-0.4, -0.2) is 27.2 Å². The summed E-state index contributed by atoms with van der Waals surface area (Å²) in [7, 11) is -3.47. The molecule has 100 valence electrons. The molecule has 1 fully saturated rings. The largest absolute Gasteiger partial charge is 0.379 e. The van der Waals surface area contributed by atoms with Crippen molar-refractivity contribution in [3.05, 3.63) is 29.8 Å². The van der Waals surface area contributed by atoms with Crippen LogP contribution in [0.2, 0.25) is 0 Å². The van der Waals surface area contributed by atoms with Crippen LogP contribution in [0, 0.1) is 0 Å². The molecule has 0 spiro atoms. The molecule has 1 aliphatic heterocycles. The Hall–Kier alpha value is -0.430. The Kier molecular flexibility index (Phi) is 4.11. The summed E-state index contributed by atoms with van der Waals surface area (Å²) in [5, 5.41) is 0.715. The number of benzene rings is 1. The molecule has 0 bridgehead atoms. The van der Waals surface area contributed by atoms with E-state index in [0.29, 0.717) is 29.9 Å². The normalized spacial score (nSPS) is 24.3. The van der Waals surface area contributed by atoms with Gasteiger partial charge in [-0.25, -0.2) is 13.1 Å². The first-order valence-electron chi connectivity index (χ1n) is 5.72. The highest BCUT2D eigenvalue weighted by atomic mass is 79.9. The third kappa shape index (κ3) is 3.12. The van der Waals surface area contributed by atoms with Gasteiger partial charge < -0.3 is 4.74 Å². The molecule has 0 aliphatic carbocycles. The second-order valence-electron chi connectivity index (χ2n) is 4.75. The van der Waals surface area contributed by atoms with Crippen molar-refractivity contribution in [2.24, 2.45) is 0 Å². The molecule has 6 heteroatoms. The van der Waals surface area contributed by atoms with Crippen molar-refractivity contribution < 1.29 is 13.2 Å². The molecule has 1 unspecified atom stereocenters. The molecule has 1 aliphatic rings. The Morgan fingerprint density at radius 3 is 2.56 bits per heavy atom. The highest BCUT2D eigenvalue weighted by Gasteiger charge is 2.34. The van der Waals surface area contributed by atoms with Crippen molar-refractivity contribution in [1.29, 1.82) is 0 Å². The lowest BCUT2D eigenvalue weighted by Gasteiger charge is -2.23. The summed E-state index contributed by atoms with van der Waals surface area (Å²) in [6.45, 7) is 2.89. The maximum Gasteiger partial charge on any atom is 0.241 e. The van der Waals surface area contributed by atoms with E-state index in [2.05, 4.69) is 20.7 Å². The smallest absolute Gasteiger partial charge is 0.241 e. The number of rotatable bonds is 4. The summed E-state index contributed by atoms with van der Waals surface area (Å²) >= 11 is 3.33. The number of sulfonamides is 1. The third-order valence-corrected chi connectivity index (χ3v) is 5.29. The van der Waals surface area contributed by atoms with Gasteiger partial charge in [0.25, 0.3) is 0 Å². The second kappa shape index (κ2) is 5.28. The van der Waals surface area contributed by atoms with Crippen molar-refractivity contribution in [2.75, 3.05) is 13.2 Å². The van der Waals surface area contributed by atoms with Gasteiger partial charge in [0, 0.05) is 11.9 Å². The topological polar surface area (TPSA) is 55.4 Å². The highest BCUT2D eigenvalue weighted by Crippen LogP contribution is 2.21. The minimum absolute atomic E-state index is 0.292. The van der Waals surface area contributed by atoms with Crippen LogP contribution in [-0.2, 0) is 20.1 Å². The van der Waals surface area contributed by atoms with E-state index < -0.39 is 15.6 Å². The van der Waals surface area contributed by atoms with E-state index in [-0.39, 0.29) is 0 Å². The Morgan fingerprint density at radius 1 is 1.39 bits per heavy atom. The maximum atomic E-state index is 12.2. The summed E-state index contributed by atoms with van der Waals surface area (Å²) in [4.78, 5) is 0.292. The Bertz CT molecular complexity index is 507. The van der Waals surface area contributed by atoms with Crippen LogP contribution < -0.4 is 4.72 Å². The molecule has 0 saturated carbocycles. The van der Waals surface area contributed by atoms with Crippen molar-refractivity contribution >= 4 is 26.0 Å². The van der Waals surface area contributed by atoms with Gasteiger partial charge in [-0.05, 0) is 31.0 Å². The molecule has 0 radical (unpaired) electrons. The lowest BCUT2D eigenvalue weighted by molar-refractivity contribution is 0.178. The summed E-state index contributed by atoms with van der Waals surface area (Å²) in [6, 6.07) is 6.85. The third-order valence-electron chi connectivity index (χ3n) is 2.99. The van der Waals surface area contributed by atoms with Gasteiger partial charge in [0.1, 0.15) is 0 Å². The minimum atomic E-state index is -3.47. The van der Waals surface area contributed by atoms with Crippen LogP contribution in [0.3, 0.4) is 0 Å². The molecule has 1 aromatic rings. The van der Waals surface area contributed by atoms with Gasteiger partial charge in [-0.15, -0.1) is 0 Å². The molecule has 1 heterocycles. The van der Waals surface area contributed by atoms with Crippen LogP contribution in [0.15, 0.2) is 29.2 Å². The van der Waals surface area contributed by atoms with Gasteiger partial charge in [0.2, 0.25) is 10.0 Å². The van der Waals surface area contributed by atoms with E-state index in [1.165, 1.54) is 0 Å². The van der Waals surface area contributed by atoms with E-state index >= 15 is 0 Å². The average molecular weight is 334 g/mol. The predicted molar refractivity (Wildman–Crippen MR) is 73.2 cm³/mol. The molecule has 4 nitrogen and oxygen atoms in total. The van der Waals surface area contributed by atoms with E-state index in [1.54, 1.807) is 24.3 Å². The lowest BCUT2D eigenvalue weighted by Crippen LogP contribution is -2.46. The van der Waals surface area contributed by atoms with Crippen LogP contribution in [0.25, 0.3) is 0 Å². The summed E-state index contributed by atoms with van der Waals surface area (Å²) < 4.78 is 32.4. The number of nitrogens with one attached hydrogen (secondary N) is 1. The molecular formula is C12H16BrNO3S. The fourth-order valence-electron chi connectivity index (χ4n) is 1.89. The van der Waals surface area contributed by atoms with Crippen molar-refractivity contribution in [3.63, 3.8) is 0 Å². The van der Waals surface area contributed by atoms with Gasteiger partial charge in [-0.3, -0.25) is 0 Å². The number of alkyl halides is 1. The fraction of sp³-hybridized carbons (Fsp3) is 0.500. The van der Waals surface area contributed by atoms with Crippen LogP contribution in [0.1, 0.15) is 18.9 Å². The highest BCUT2D eigenvalue weighted by molar-refractivity contribution is 9.08. The van der Waals surface area contributed by atoms with E-state index in [4.69, 9.17) is 4.74 Å². The standard InChI is InChI=1S/C12H16BrNO3S/c1-12(6-7-17-9-12)14-18(15,16)11-4-2-10(8-13)3-5-11/h2-5,14H,6-9H2,1H3.